The highest BCUT2D eigenvalue weighted by atomic mass is 16.3. The molecule has 0 aromatic carbocycles. The van der Waals surface area contributed by atoms with E-state index < -0.39 is 0 Å². The Morgan fingerprint density at radius 2 is 2.31 bits per heavy atom. The maximum absolute atomic E-state index is 11.8. The van der Waals surface area contributed by atoms with Crippen molar-refractivity contribution in [2.24, 2.45) is 0 Å². The number of nitrogens with one attached hydrogen (secondary N) is 2. The Balaban J connectivity index is 1.97. The molecular weight excluding hydrogens is 204 g/mol. The van der Waals surface area contributed by atoms with Gasteiger partial charge in [0.15, 0.2) is 0 Å². The second kappa shape index (κ2) is 4.53. The average molecular weight is 220 g/mol. The first kappa shape index (κ1) is 11.0. The van der Waals surface area contributed by atoms with Crippen LogP contribution in [0.2, 0.25) is 0 Å². The van der Waals surface area contributed by atoms with Crippen LogP contribution < -0.4 is 10.6 Å². The maximum atomic E-state index is 11.8. The van der Waals surface area contributed by atoms with E-state index in [0.29, 0.717) is 0 Å². The fraction of sp³-hybridized carbons (Fsp3) is 0.417. The summed E-state index contributed by atoms with van der Waals surface area (Å²) in [6, 6.07) is 3.59. The van der Waals surface area contributed by atoms with E-state index in [9.17, 15) is 4.79 Å². The van der Waals surface area contributed by atoms with Crippen LogP contribution in [0.5, 0.6) is 0 Å². The Kier molecular flexibility index (Phi) is 3.10. The van der Waals surface area contributed by atoms with Crippen molar-refractivity contribution in [3.05, 3.63) is 35.3 Å². The van der Waals surface area contributed by atoms with Crippen LogP contribution in [0.25, 0.3) is 0 Å². The van der Waals surface area contributed by atoms with Crippen molar-refractivity contribution in [3.8, 4) is 0 Å². The smallest absolute Gasteiger partial charge is 0.247 e. The Morgan fingerprint density at radius 3 is 2.81 bits per heavy atom. The van der Waals surface area contributed by atoms with Crippen LogP contribution in [0.1, 0.15) is 25.6 Å². The minimum atomic E-state index is -0.0916. The molecule has 1 atom stereocenters. The normalized spacial score (nSPS) is 16.5. The van der Waals surface area contributed by atoms with Gasteiger partial charge >= 0.3 is 0 Å². The van der Waals surface area contributed by atoms with Gasteiger partial charge in [0.25, 0.3) is 0 Å². The van der Waals surface area contributed by atoms with E-state index in [1.54, 1.807) is 6.26 Å². The summed E-state index contributed by atoms with van der Waals surface area (Å²) in [6.07, 6.45) is 1.61. The van der Waals surface area contributed by atoms with Crippen LogP contribution in [0, 0.1) is 0 Å². The van der Waals surface area contributed by atoms with Crippen LogP contribution >= 0.6 is 0 Å². The third-order valence-corrected chi connectivity index (χ3v) is 2.87. The zero-order valence-electron chi connectivity index (χ0n) is 9.54. The molecule has 0 aliphatic carbocycles. The van der Waals surface area contributed by atoms with Gasteiger partial charge in [-0.1, -0.05) is 0 Å². The van der Waals surface area contributed by atoms with Crippen molar-refractivity contribution >= 4 is 5.91 Å². The summed E-state index contributed by atoms with van der Waals surface area (Å²) in [7, 11) is 0. The van der Waals surface area contributed by atoms with E-state index in [0.717, 1.165) is 24.4 Å². The molecule has 1 aliphatic heterocycles. The van der Waals surface area contributed by atoms with Gasteiger partial charge < -0.3 is 15.1 Å². The molecule has 1 fully saturated rings. The third kappa shape index (κ3) is 2.17. The Hall–Kier alpha value is -1.55. The monoisotopic (exact) mass is 220 g/mol. The fourth-order valence-corrected chi connectivity index (χ4v) is 1.59. The molecule has 1 aliphatic rings. The van der Waals surface area contributed by atoms with Crippen LogP contribution in [0.4, 0.5) is 0 Å². The van der Waals surface area contributed by atoms with Gasteiger partial charge in [-0.15, -0.1) is 0 Å². The molecule has 1 amide bonds. The van der Waals surface area contributed by atoms with Crippen LogP contribution in [0.3, 0.4) is 0 Å². The van der Waals surface area contributed by atoms with Gasteiger partial charge in [0.05, 0.1) is 12.3 Å². The van der Waals surface area contributed by atoms with Crippen LogP contribution in [-0.4, -0.2) is 19.0 Å². The van der Waals surface area contributed by atoms with Crippen molar-refractivity contribution in [1.29, 1.82) is 0 Å². The number of hydrogen-bond acceptors (Lipinski definition) is 3. The molecular formula is C12H16N2O2. The predicted molar refractivity (Wildman–Crippen MR) is 60.8 cm³/mol. The summed E-state index contributed by atoms with van der Waals surface area (Å²) in [5, 5.41) is 6.03. The first-order valence-corrected chi connectivity index (χ1v) is 5.42. The highest BCUT2D eigenvalue weighted by Crippen LogP contribution is 2.14. The van der Waals surface area contributed by atoms with Crippen molar-refractivity contribution in [2.75, 3.05) is 13.1 Å². The van der Waals surface area contributed by atoms with E-state index in [1.165, 1.54) is 5.57 Å². The first-order valence-electron chi connectivity index (χ1n) is 5.42. The van der Waals surface area contributed by atoms with Crippen LogP contribution in [0.15, 0.2) is 34.0 Å². The first-order chi connectivity index (χ1) is 7.68. The zero-order chi connectivity index (χ0) is 11.5. The second-order valence-corrected chi connectivity index (χ2v) is 4.04. The topological polar surface area (TPSA) is 54.3 Å². The lowest BCUT2D eigenvalue weighted by Crippen LogP contribution is -2.38. The highest BCUT2D eigenvalue weighted by Gasteiger charge is 2.18. The molecule has 1 aromatic rings. The summed E-state index contributed by atoms with van der Waals surface area (Å²) in [5.74, 6) is 0.762. The second-order valence-electron chi connectivity index (χ2n) is 4.04. The molecule has 2 heterocycles. The summed E-state index contributed by atoms with van der Waals surface area (Å²) in [6.45, 7) is 5.43. The Labute approximate surface area is 94.7 Å². The molecule has 0 spiro atoms. The van der Waals surface area contributed by atoms with Crippen molar-refractivity contribution < 1.29 is 9.21 Å². The summed E-state index contributed by atoms with van der Waals surface area (Å²) in [4.78, 5) is 11.8. The molecule has 16 heavy (non-hydrogen) atoms. The largest absolute Gasteiger partial charge is 0.467 e. The van der Waals surface area contributed by atoms with E-state index >= 15 is 0 Å². The number of furan rings is 1. The van der Waals surface area contributed by atoms with E-state index in [4.69, 9.17) is 4.42 Å². The highest BCUT2D eigenvalue weighted by molar-refractivity contribution is 5.94. The maximum Gasteiger partial charge on any atom is 0.247 e. The standard InChI is InChI=1S/C12H16N2O2/c1-8(10-6-13-7-10)12(15)14-9(2)11-4-3-5-16-11/h3-5,9,13H,6-7H2,1-2H3,(H,14,15). The molecule has 0 saturated carbocycles. The number of amides is 1. The number of carbonyl (C=O) groups is 1. The van der Waals surface area contributed by atoms with E-state index in [2.05, 4.69) is 10.6 Å². The van der Waals surface area contributed by atoms with Crippen LogP contribution in [-0.2, 0) is 4.79 Å². The van der Waals surface area contributed by atoms with Crippen molar-refractivity contribution in [3.63, 3.8) is 0 Å². The summed E-state index contributed by atoms with van der Waals surface area (Å²) in [5.41, 5.74) is 2.00. The van der Waals surface area contributed by atoms with Gasteiger partial charge in [0.2, 0.25) is 5.91 Å². The Morgan fingerprint density at radius 1 is 1.56 bits per heavy atom. The summed E-state index contributed by atoms with van der Waals surface area (Å²) < 4.78 is 5.23. The minimum Gasteiger partial charge on any atom is -0.467 e. The Bertz CT molecular complexity index is 401. The van der Waals surface area contributed by atoms with Crippen molar-refractivity contribution in [2.45, 2.75) is 19.9 Å². The van der Waals surface area contributed by atoms with Gasteiger partial charge in [-0.3, -0.25) is 4.79 Å². The molecule has 1 saturated heterocycles. The SMILES string of the molecule is CC(C(=O)NC(C)c1ccco1)=C1CNC1. The number of hydrogen-bond donors (Lipinski definition) is 2. The molecule has 0 radical (unpaired) electrons. The average Bonchev–Trinajstić information content (AvgIpc) is 2.67. The van der Waals surface area contributed by atoms with Gasteiger partial charge in [-0.2, -0.15) is 0 Å². The lowest BCUT2D eigenvalue weighted by molar-refractivity contribution is -0.118. The molecule has 86 valence electrons. The van der Waals surface area contributed by atoms with Gasteiger partial charge in [-0.25, -0.2) is 0 Å². The van der Waals surface area contributed by atoms with Gasteiger partial charge in [0, 0.05) is 18.7 Å². The third-order valence-electron chi connectivity index (χ3n) is 2.87. The molecule has 0 bridgehead atoms. The van der Waals surface area contributed by atoms with Gasteiger partial charge in [-0.05, 0) is 31.6 Å². The molecule has 2 N–H and O–H groups in total. The molecule has 2 rings (SSSR count). The lowest BCUT2D eigenvalue weighted by Gasteiger charge is -2.22. The quantitative estimate of drug-likeness (QED) is 0.757. The predicted octanol–water partition coefficient (Wildman–Crippen LogP) is 1.38. The van der Waals surface area contributed by atoms with Gasteiger partial charge in [0.1, 0.15) is 5.76 Å². The zero-order valence-corrected chi connectivity index (χ0v) is 9.54. The molecule has 1 unspecified atom stereocenters. The minimum absolute atomic E-state index is 0.0135. The molecule has 4 nitrogen and oxygen atoms in total. The summed E-state index contributed by atoms with van der Waals surface area (Å²) >= 11 is 0. The number of carbonyl (C=O) groups excluding carboxylic acids is 1. The lowest BCUT2D eigenvalue weighted by atomic mass is 10.0. The molecule has 4 heteroatoms. The van der Waals surface area contributed by atoms with E-state index in [1.807, 2.05) is 26.0 Å². The molecule has 1 aromatic heterocycles. The van der Waals surface area contributed by atoms with Crippen molar-refractivity contribution in [1.82, 2.24) is 10.6 Å². The fourth-order valence-electron chi connectivity index (χ4n) is 1.59. The number of rotatable bonds is 3. The van der Waals surface area contributed by atoms with E-state index in [-0.39, 0.29) is 11.9 Å².